The van der Waals surface area contributed by atoms with Crippen molar-refractivity contribution in [3.63, 3.8) is 0 Å². The molecule has 5 rings (SSSR count). The second-order valence-electron chi connectivity index (χ2n) is 11.2. The predicted molar refractivity (Wildman–Crippen MR) is 120 cm³/mol. The molecule has 1 heterocycles. The molecule has 7 atom stereocenters. The highest BCUT2D eigenvalue weighted by atomic mass is 16.3. The maximum atomic E-state index is 11.5. The number of aliphatic hydroxyl groups excluding tert-OH is 2. The number of aromatic nitrogens is 2. The molecule has 1 aromatic heterocycles. The smallest absolute Gasteiger partial charge is 0.0809 e. The highest BCUT2D eigenvalue weighted by molar-refractivity contribution is 5.59. The van der Waals surface area contributed by atoms with Crippen LogP contribution in [0.2, 0.25) is 0 Å². The van der Waals surface area contributed by atoms with Gasteiger partial charge < -0.3 is 10.2 Å². The average Bonchev–Trinajstić information content (AvgIpc) is 3.10. The average molecular weight is 411 g/mol. The molecule has 4 nitrogen and oxygen atoms in total. The summed E-state index contributed by atoms with van der Waals surface area (Å²) in [6, 6.07) is 0. The fraction of sp³-hybridized carbons (Fsp3) is 0.731. The van der Waals surface area contributed by atoms with Gasteiger partial charge in [-0.15, -0.1) is 0 Å². The summed E-state index contributed by atoms with van der Waals surface area (Å²) >= 11 is 0. The van der Waals surface area contributed by atoms with Gasteiger partial charge in [-0.2, -0.15) is 5.10 Å². The summed E-state index contributed by atoms with van der Waals surface area (Å²) in [5.74, 6) is 1.87. The highest BCUT2D eigenvalue weighted by Gasteiger charge is 2.59. The summed E-state index contributed by atoms with van der Waals surface area (Å²) in [6.07, 6.45) is 11.6. The molecular formula is C26H38N2O2. The third-order valence-corrected chi connectivity index (χ3v) is 9.84. The van der Waals surface area contributed by atoms with Crippen molar-refractivity contribution < 1.29 is 10.2 Å². The van der Waals surface area contributed by atoms with E-state index in [1.165, 1.54) is 28.8 Å². The van der Waals surface area contributed by atoms with Crippen LogP contribution in [0.15, 0.2) is 17.2 Å². The van der Waals surface area contributed by atoms with Crippen molar-refractivity contribution in [1.82, 2.24) is 9.78 Å². The monoisotopic (exact) mass is 410 g/mol. The zero-order valence-corrected chi connectivity index (χ0v) is 19.3. The summed E-state index contributed by atoms with van der Waals surface area (Å²) < 4.78 is 1.94. The molecule has 0 saturated heterocycles. The van der Waals surface area contributed by atoms with Crippen molar-refractivity contribution in [2.24, 2.45) is 35.6 Å². The number of nitrogens with zero attached hydrogens (tertiary/aromatic N) is 2. The van der Waals surface area contributed by atoms with Gasteiger partial charge in [0.05, 0.1) is 17.9 Å². The van der Waals surface area contributed by atoms with Gasteiger partial charge >= 0.3 is 0 Å². The molecule has 4 aliphatic rings. The zero-order valence-electron chi connectivity index (χ0n) is 19.3. The molecule has 164 valence electrons. The van der Waals surface area contributed by atoms with Crippen molar-refractivity contribution in [3.05, 3.63) is 34.2 Å². The largest absolute Gasteiger partial charge is 0.393 e. The molecule has 30 heavy (non-hydrogen) atoms. The Labute approximate surface area is 181 Å². The first-order chi connectivity index (χ1) is 14.1. The Balaban J connectivity index is 1.49. The van der Waals surface area contributed by atoms with Crippen LogP contribution in [0.4, 0.5) is 0 Å². The third-order valence-electron chi connectivity index (χ3n) is 9.84. The van der Waals surface area contributed by atoms with E-state index in [1.54, 1.807) is 0 Å². The number of fused-ring (bicyclic) bond motifs is 5. The van der Waals surface area contributed by atoms with E-state index in [0.29, 0.717) is 17.8 Å². The van der Waals surface area contributed by atoms with Gasteiger partial charge in [-0.3, -0.25) is 4.68 Å². The molecule has 0 aliphatic heterocycles. The Bertz CT molecular complexity index is 928. The van der Waals surface area contributed by atoms with Crippen LogP contribution in [0.25, 0.3) is 6.08 Å². The first kappa shape index (κ1) is 20.5. The molecule has 1 aromatic rings. The van der Waals surface area contributed by atoms with Crippen molar-refractivity contribution >= 4 is 6.08 Å². The van der Waals surface area contributed by atoms with Crippen molar-refractivity contribution in [3.8, 4) is 0 Å². The molecule has 3 saturated carbocycles. The molecule has 3 fully saturated rings. The number of hydrogen-bond donors (Lipinski definition) is 2. The summed E-state index contributed by atoms with van der Waals surface area (Å²) in [5.41, 5.74) is 6.35. The fourth-order valence-electron chi connectivity index (χ4n) is 7.82. The minimum absolute atomic E-state index is 0.0209. The Morgan fingerprint density at radius 3 is 2.57 bits per heavy atom. The highest BCUT2D eigenvalue weighted by Crippen LogP contribution is 2.65. The maximum absolute atomic E-state index is 11.5. The van der Waals surface area contributed by atoms with Crippen LogP contribution in [0.1, 0.15) is 75.7 Å². The number of hydrogen-bond acceptors (Lipinski definition) is 3. The summed E-state index contributed by atoms with van der Waals surface area (Å²) in [6.45, 7) is 8.99. The van der Waals surface area contributed by atoms with Crippen molar-refractivity contribution in [2.75, 3.05) is 0 Å². The van der Waals surface area contributed by atoms with E-state index in [9.17, 15) is 10.2 Å². The molecule has 0 amide bonds. The quantitative estimate of drug-likeness (QED) is 0.659. The van der Waals surface area contributed by atoms with Gasteiger partial charge in [0, 0.05) is 23.7 Å². The lowest BCUT2D eigenvalue weighted by molar-refractivity contribution is -0.0685. The molecule has 0 bridgehead atoms. The van der Waals surface area contributed by atoms with E-state index in [-0.39, 0.29) is 23.0 Å². The second-order valence-corrected chi connectivity index (χ2v) is 11.2. The molecule has 0 radical (unpaired) electrons. The third kappa shape index (κ3) is 2.75. The second kappa shape index (κ2) is 6.80. The van der Waals surface area contributed by atoms with Crippen LogP contribution in [-0.2, 0) is 7.05 Å². The minimum atomic E-state index is -0.353. The van der Waals surface area contributed by atoms with Gasteiger partial charge in [-0.1, -0.05) is 25.5 Å². The van der Waals surface area contributed by atoms with E-state index in [4.69, 9.17) is 0 Å². The molecule has 4 heteroatoms. The van der Waals surface area contributed by atoms with Crippen LogP contribution < -0.4 is 0 Å². The molecule has 0 spiro atoms. The summed E-state index contributed by atoms with van der Waals surface area (Å²) in [4.78, 5) is 0. The van der Waals surface area contributed by atoms with Gasteiger partial charge in [-0.25, -0.2) is 0 Å². The topological polar surface area (TPSA) is 58.3 Å². The molecular weight excluding hydrogens is 372 g/mol. The SMILES string of the molecule is Cc1nn(C)c(C)c1/C=C1\C[C@@H]2[C@H]3CC=C4C[C@@H](O)CC[C@]4(C)[C@@H]3CC[C@]2(C)[C@@H]1O. The van der Waals surface area contributed by atoms with E-state index in [1.807, 2.05) is 11.7 Å². The first-order valence-electron chi connectivity index (χ1n) is 11.9. The van der Waals surface area contributed by atoms with Crippen LogP contribution in [-0.4, -0.2) is 32.2 Å². The molecule has 2 N–H and O–H groups in total. The number of aliphatic hydroxyl groups is 2. The molecule has 4 aliphatic carbocycles. The Kier molecular flexibility index (Phi) is 4.65. The zero-order chi connectivity index (χ0) is 21.4. The van der Waals surface area contributed by atoms with E-state index >= 15 is 0 Å². The van der Waals surface area contributed by atoms with Crippen molar-refractivity contribution in [1.29, 1.82) is 0 Å². The van der Waals surface area contributed by atoms with Gasteiger partial charge in [0.1, 0.15) is 0 Å². The predicted octanol–water partition coefficient (Wildman–Crippen LogP) is 4.71. The van der Waals surface area contributed by atoms with Gasteiger partial charge in [0.2, 0.25) is 0 Å². The minimum Gasteiger partial charge on any atom is -0.393 e. The number of allylic oxidation sites excluding steroid dienone is 1. The Morgan fingerprint density at radius 2 is 1.87 bits per heavy atom. The number of rotatable bonds is 1. The van der Waals surface area contributed by atoms with Crippen LogP contribution >= 0.6 is 0 Å². The van der Waals surface area contributed by atoms with Gasteiger partial charge in [-0.05, 0) is 93.6 Å². The first-order valence-corrected chi connectivity index (χ1v) is 11.9. The Morgan fingerprint density at radius 1 is 1.10 bits per heavy atom. The fourth-order valence-corrected chi connectivity index (χ4v) is 7.82. The summed E-state index contributed by atoms with van der Waals surface area (Å²) in [5, 5.41) is 26.3. The normalized spacial score (nSPS) is 44.4. The molecule has 0 unspecified atom stereocenters. The lowest BCUT2D eigenvalue weighted by atomic mass is 9.48. The standard InChI is InChI=1S/C26H38N2O2/c1-15-21(16(2)28(5)27-15)12-17-13-23-20-7-6-18-14-19(29)8-10-25(18,3)22(20)9-11-26(23,4)24(17)30/h6,12,19-20,22-24,29-30H,7-11,13-14H2,1-5H3/b17-12+/t19-,20-,22+,23+,24+,25-,26-/m0/s1. The van der Waals surface area contributed by atoms with E-state index < -0.39 is 0 Å². The maximum Gasteiger partial charge on any atom is 0.0809 e. The lowest BCUT2D eigenvalue weighted by Crippen LogP contribution is -2.51. The molecule has 0 aromatic carbocycles. The van der Waals surface area contributed by atoms with Crippen LogP contribution in [0.5, 0.6) is 0 Å². The number of aryl methyl sites for hydroxylation is 2. The summed E-state index contributed by atoms with van der Waals surface area (Å²) in [7, 11) is 1.99. The lowest BCUT2D eigenvalue weighted by Gasteiger charge is -2.57. The van der Waals surface area contributed by atoms with Crippen LogP contribution in [0.3, 0.4) is 0 Å². The van der Waals surface area contributed by atoms with Gasteiger partial charge in [0.25, 0.3) is 0 Å². The van der Waals surface area contributed by atoms with E-state index in [2.05, 4.69) is 44.9 Å². The van der Waals surface area contributed by atoms with Crippen molar-refractivity contribution in [2.45, 2.75) is 84.8 Å². The van der Waals surface area contributed by atoms with E-state index in [0.717, 1.165) is 44.2 Å². The van der Waals surface area contributed by atoms with Gasteiger partial charge in [0.15, 0.2) is 0 Å². The van der Waals surface area contributed by atoms with Crippen LogP contribution in [0, 0.1) is 42.4 Å². The Hall–Kier alpha value is -1.39.